The van der Waals surface area contributed by atoms with Gasteiger partial charge in [0.1, 0.15) is 11.3 Å². The zero-order chi connectivity index (χ0) is 20.5. The number of H-pyrrole nitrogens is 1. The predicted octanol–water partition coefficient (Wildman–Crippen LogP) is 1.78. The topological polar surface area (TPSA) is 137 Å². The number of hydrogen-bond donors (Lipinski definition) is 4. The summed E-state index contributed by atoms with van der Waals surface area (Å²) in [6, 6.07) is 5.92. The number of hydrogen-bond acceptors (Lipinski definition) is 5. The Balaban J connectivity index is 1.92. The van der Waals surface area contributed by atoms with Crippen LogP contribution in [0.3, 0.4) is 0 Å². The van der Waals surface area contributed by atoms with E-state index in [9.17, 15) is 10.1 Å². The molecule has 2 unspecified atom stereocenters. The molecule has 8 nitrogen and oxygen atoms in total. The van der Waals surface area contributed by atoms with Crippen LogP contribution in [0.2, 0.25) is 0 Å². The Morgan fingerprint density at radius 1 is 1.54 bits per heavy atom. The van der Waals surface area contributed by atoms with Gasteiger partial charge in [-0.2, -0.15) is 5.26 Å². The Labute approximate surface area is 165 Å². The summed E-state index contributed by atoms with van der Waals surface area (Å²) in [5.74, 6) is 0.0593. The predicted molar refractivity (Wildman–Crippen MR) is 108 cm³/mol. The van der Waals surface area contributed by atoms with Crippen molar-refractivity contribution in [2.24, 2.45) is 17.1 Å². The third-order valence-electron chi connectivity index (χ3n) is 5.97. The number of amides is 1. The number of likely N-dealkylation sites (tertiary alicyclic amines) is 1. The number of likely N-dealkylation sites (N-methyl/N-ethyl adjacent to an activating group) is 1. The first kappa shape index (κ1) is 19.7. The van der Waals surface area contributed by atoms with Gasteiger partial charge in [0.05, 0.1) is 23.0 Å². The highest BCUT2D eigenvalue weighted by atomic mass is 16.2. The van der Waals surface area contributed by atoms with Crippen LogP contribution in [0.25, 0.3) is 5.70 Å². The molecule has 1 amide bonds. The van der Waals surface area contributed by atoms with E-state index < -0.39 is 5.41 Å². The Morgan fingerprint density at radius 3 is 2.75 bits per heavy atom. The second kappa shape index (κ2) is 7.50. The molecular formula is C20H27N7O. The van der Waals surface area contributed by atoms with Crippen molar-refractivity contribution in [1.82, 2.24) is 14.8 Å². The molecule has 148 valence electrons. The molecule has 0 bridgehead atoms. The summed E-state index contributed by atoms with van der Waals surface area (Å²) in [4.78, 5) is 19.8. The van der Waals surface area contributed by atoms with Crippen LogP contribution in [-0.2, 0) is 4.79 Å². The quantitative estimate of drug-likeness (QED) is 0.441. The average molecular weight is 381 g/mol. The molecule has 2 aliphatic rings. The van der Waals surface area contributed by atoms with Gasteiger partial charge in [0, 0.05) is 38.6 Å². The first-order valence-electron chi connectivity index (χ1n) is 9.51. The van der Waals surface area contributed by atoms with Crippen molar-refractivity contribution >= 4 is 23.7 Å². The number of nitrogens with two attached hydrogens (primary N) is 1. The van der Waals surface area contributed by atoms with E-state index in [1.165, 1.54) is 0 Å². The molecule has 8 heteroatoms. The maximum absolute atomic E-state index is 12.9. The van der Waals surface area contributed by atoms with Gasteiger partial charge in [-0.3, -0.25) is 10.2 Å². The third-order valence-corrected chi connectivity index (χ3v) is 5.97. The van der Waals surface area contributed by atoms with Crippen molar-refractivity contribution in [2.45, 2.75) is 32.2 Å². The van der Waals surface area contributed by atoms with E-state index in [0.717, 1.165) is 18.3 Å². The Kier molecular flexibility index (Phi) is 5.27. The van der Waals surface area contributed by atoms with Gasteiger partial charge in [0.25, 0.3) is 0 Å². The van der Waals surface area contributed by atoms with E-state index >= 15 is 0 Å². The van der Waals surface area contributed by atoms with E-state index in [-0.39, 0.29) is 17.8 Å². The number of carbonyl (C=O) groups is 1. The normalized spacial score (nSPS) is 24.0. The molecule has 1 saturated carbocycles. The summed E-state index contributed by atoms with van der Waals surface area (Å²) in [6.45, 7) is 3.30. The van der Waals surface area contributed by atoms with Gasteiger partial charge in [-0.05, 0) is 37.3 Å². The number of rotatable bonds is 6. The molecule has 2 atom stereocenters. The number of amidine groups is 1. The Hall–Kier alpha value is -3.08. The lowest BCUT2D eigenvalue weighted by Gasteiger charge is -2.44. The first-order chi connectivity index (χ1) is 13.3. The first-order valence-corrected chi connectivity index (χ1v) is 9.51. The molecule has 1 aliphatic carbocycles. The van der Waals surface area contributed by atoms with Crippen LogP contribution in [0.5, 0.6) is 0 Å². The van der Waals surface area contributed by atoms with Crippen molar-refractivity contribution in [3.63, 3.8) is 0 Å². The molecule has 0 radical (unpaired) electrons. The second-order valence-electron chi connectivity index (χ2n) is 7.79. The summed E-state index contributed by atoms with van der Waals surface area (Å²) < 4.78 is 0. The highest BCUT2D eigenvalue weighted by Gasteiger charge is 2.53. The van der Waals surface area contributed by atoms with E-state index in [4.69, 9.17) is 16.6 Å². The van der Waals surface area contributed by atoms with Gasteiger partial charge in [0.2, 0.25) is 5.91 Å². The van der Waals surface area contributed by atoms with Crippen LogP contribution in [0, 0.1) is 33.5 Å². The van der Waals surface area contributed by atoms with Crippen molar-refractivity contribution in [3.8, 4) is 6.07 Å². The highest BCUT2D eigenvalue weighted by molar-refractivity contribution is 6.17. The smallest absolute Gasteiger partial charge is 0.243 e. The van der Waals surface area contributed by atoms with Crippen LogP contribution in [-0.4, -0.2) is 58.9 Å². The zero-order valence-electron chi connectivity index (χ0n) is 16.3. The average Bonchev–Trinajstić information content (AvgIpc) is 3.31. The second-order valence-corrected chi connectivity index (χ2v) is 7.79. The number of nitrogens with one attached hydrogen (secondary N) is 3. The lowest BCUT2D eigenvalue weighted by Crippen LogP contribution is -2.53. The largest absolute Gasteiger partial charge is 0.384 e. The maximum Gasteiger partial charge on any atom is 0.243 e. The van der Waals surface area contributed by atoms with Crippen LogP contribution < -0.4 is 5.73 Å². The number of aromatic amines is 1. The molecule has 5 N–H and O–H groups in total. The van der Waals surface area contributed by atoms with Crippen LogP contribution >= 0.6 is 0 Å². The lowest BCUT2D eigenvalue weighted by atomic mass is 9.90. The third kappa shape index (κ3) is 3.40. The van der Waals surface area contributed by atoms with Gasteiger partial charge in [-0.25, -0.2) is 0 Å². The molecule has 3 rings (SSSR count). The fraction of sp³-hybridized carbons (Fsp3) is 0.500. The monoisotopic (exact) mass is 381 g/mol. The highest BCUT2D eigenvalue weighted by Crippen LogP contribution is 2.47. The van der Waals surface area contributed by atoms with Crippen molar-refractivity contribution in [3.05, 3.63) is 29.6 Å². The summed E-state index contributed by atoms with van der Waals surface area (Å²) in [5, 5.41) is 25.0. The molecule has 0 spiro atoms. The minimum atomic E-state index is -0.818. The zero-order valence-corrected chi connectivity index (χ0v) is 16.3. The summed E-state index contributed by atoms with van der Waals surface area (Å²) >= 11 is 0. The van der Waals surface area contributed by atoms with E-state index in [2.05, 4.69) is 18.0 Å². The van der Waals surface area contributed by atoms with Gasteiger partial charge < -0.3 is 25.9 Å². The Morgan fingerprint density at radius 2 is 2.25 bits per heavy atom. The van der Waals surface area contributed by atoms with E-state index in [1.807, 2.05) is 29.0 Å². The van der Waals surface area contributed by atoms with Gasteiger partial charge >= 0.3 is 0 Å². The van der Waals surface area contributed by atoms with Gasteiger partial charge in [-0.15, -0.1) is 0 Å². The Bertz CT molecular complexity index is 844. The van der Waals surface area contributed by atoms with Crippen LogP contribution in [0.4, 0.5) is 0 Å². The number of nitriles is 1. The summed E-state index contributed by atoms with van der Waals surface area (Å²) in [6.07, 6.45) is 5.00. The molecule has 0 aromatic carbocycles. The maximum atomic E-state index is 12.9. The number of aromatic nitrogens is 1. The lowest BCUT2D eigenvalue weighted by molar-refractivity contribution is -0.137. The van der Waals surface area contributed by atoms with E-state index in [0.29, 0.717) is 43.1 Å². The standard InChI is InChI=1S/C20H27N7O/c1-13-5-9-27(19(28)20(12-22)6-7-20)11-16(13)26(2)17(14(10-21)18(23)24)15-4-3-8-25-15/h3-4,8,10,13,16,21,25H,5-7,9,11H2,1-2H3,(H3,23,24)/b17-14-,21-10?. The molecule has 2 fully saturated rings. The molecule has 1 aliphatic heterocycles. The number of piperidine rings is 1. The number of nitrogens with zero attached hydrogens (tertiary/aromatic N) is 3. The molecule has 1 aromatic rings. The van der Waals surface area contributed by atoms with Crippen molar-refractivity contribution in [2.75, 3.05) is 20.1 Å². The van der Waals surface area contributed by atoms with Gasteiger partial charge in [0.15, 0.2) is 0 Å². The fourth-order valence-corrected chi connectivity index (χ4v) is 3.98. The summed E-state index contributed by atoms with van der Waals surface area (Å²) in [5.41, 5.74) is 6.69. The minimum Gasteiger partial charge on any atom is -0.384 e. The minimum absolute atomic E-state index is 0.0141. The van der Waals surface area contributed by atoms with Gasteiger partial charge in [-0.1, -0.05) is 6.92 Å². The molecule has 28 heavy (non-hydrogen) atoms. The SMILES string of the molecule is CC1CCN(C(=O)C2(C#N)CC2)CC1N(C)/C(=C(/C=N)C(=N)N)c1ccc[nH]1. The molecular weight excluding hydrogens is 354 g/mol. The molecule has 1 saturated heterocycles. The van der Waals surface area contributed by atoms with Crippen molar-refractivity contribution in [1.29, 1.82) is 16.1 Å². The van der Waals surface area contributed by atoms with Crippen LogP contribution in [0.15, 0.2) is 23.9 Å². The molecule has 2 heterocycles. The number of carbonyl (C=O) groups excluding carboxylic acids is 1. The fourth-order valence-electron chi connectivity index (χ4n) is 3.98. The van der Waals surface area contributed by atoms with Crippen LogP contribution in [0.1, 0.15) is 31.9 Å². The van der Waals surface area contributed by atoms with E-state index in [1.54, 1.807) is 6.20 Å². The van der Waals surface area contributed by atoms with Crippen molar-refractivity contribution < 1.29 is 4.79 Å². The summed E-state index contributed by atoms with van der Waals surface area (Å²) in [7, 11) is 1.91. The molecule has 1 aromatic heterocycles.